The first-order valence-electron chi connectivity index (χ1n) is 14.9. The number of benzene rings is 3. The van der Waals surface area contributed by atoms with E-state index in [1.807, 2.05) is 42.5 Å². The molecule has 8 nitrogen and oxygen atoms in total. The smallest absolute Gasteiger partial charge is 0.146 e. The number of aromatic nitrogens is 3. The first kappa shape index (κ1) is 30.1. The summed E-state index contributed by atoms with van der Waals surface area (Å²) in [5.74, 6) is 2.52. The molecule has 2 aromatic heterocycles. The number of halogens is 1. The largest absolute Gasteiger partial charge is 0.497 e. The van der Waals surface area contributed by atoms with Gasteiger partial charge in [-0.2, -0.15) is 0 Å². The second-order valence-corrected chi connectivity index (χ2v) is 11.9. The van der Waals surface area contributed by atoms with Crippen molar-refractivity contribution in [3.63, 3.8) is 0 Å². The number of fused-ring (bicyclic) bond motifs is 1. The van der Waals surface area contributed by atoms with Gasteiger partial charge in [-0.3, -0.25) is 0 Å². The van der Waals surface area contributed by atoms with E-state index in [1.54, 1.807) is 20.5 Å². The van der Waals surface area contributed by atoms with Crippen molar-refractivity contribution in [2.75, 3.05) is 26.1 Å². The molecule has 0 aliphatic heterocycles. The van der Waals surface area contributed by atoms with Crippen LogP contribution in [0.4, 0.5) is 5.82 Å². The molecular formula is C35H37BrN4O4. The van der Waals surface area contributed by atoms with Gasteiger partial charge >= 0.3 is 0 Å². The van der Waals surface area contributed by atoms with Crippen LogP contribution in [0.5, 0.6) is 11.5 Å². The summed E-state index contributed by atoms with van der Waals surface area (Å²) in [6, 6.07) is 26.7. The molecule has 0 unspecified atom stereocenters. The van der Waals surface area contributed by atoms with Crippen LogP contribution in [0.1, 0.15) is 35.6 Å². The van der Waals surface area contributed by atoms with E-state index in [1.165, 1.54) is 11.1 Å². The van der Waals surface area contributed by atoms with Gasteiger partial charge in [-0.1, -0.05) is 60.7 Å². The number of hydrogen-bond donors (Lipinski definition) is 1. The van der Waals surface area contributed by atoms with Crippen molar-refractivity contribution in [2.24, 2.45) is 5.92 Å². The minimum atomic E-state index is 0.0641. The molecule has 3 atom stereocenters. The van der Waals surface area contributed by atoms with Gasteiger partial charge in [-0.15, -0.1) is 0 Å². The second-order valence-electron chi connectivity index (χ2n) is 11.1. The van der Waals surface area contributed by atoms with E-state index in [9.17, 15) is 0 Å². The van der Waals surface area contributed by atoms with Crippen molar-refractivity contribution in [2.45, 2.75) is 44.7 Å². The number of methoxy groups -OCH3 is 2. The van der Waals surface area contributed by atoms with Crippen LogP contribution in [0.25, 0.3) is 11.0 Å². The summed E-state index contributed by atoms with van der Waals surface area (Å²) in [7, 11) is 3.31. The molecule has 1 aliphatic rings. The highest BCUT2D eigenvalue weighted by Gasteiger charge is 2.37. The number of rotatable bonds is 13. The summed E-state index contributed by atoms with van der Waals surface area (Å²) in [5, 5.41) is 4.45. The lowest BCUT2D eigenvalue weighted by Gasteiger charge is -2.20. The van der Waals surface area contributed by atoms with Gasteiger partial charge in [0.15, 0.2) is 0 Å². The maximum absolute atomic E-state index is 6.55. The van der Waals surface area contributed by atoms with Crippen molar-refractivity contribution in [1.29, 1.82) is 0 Å². The Hall–Kier alpha value is -3.92. The molecule has 44 heavy (non-hydrogen) atoms. The van der Waals surface area contributed by atoms with Crippen LogP contribution >= 0.6 is 15.9 Å². The summed E-state index contributed by atoms with van der Waals surface area (Å²) >= 11 is 3.81. The standard InChI is InChI=1S/C35H37BrN4O4/c1-41-29-14-13-26(31(17-29)42-2)18-37-34-33-30(36)19-40(35(33)39-23-38-34)28-15-27(22-43-20-24-9-5-3-6-10-24)32(16-28)44-21-25-11-7-4-8-12-25/h3-14,17,19,23,27-28,32H,15-16,18,20-22H2,1-2H3,(H,37,38,39)/t27-,28-,32+/m1/s1. The maximum Gasteiger partial charge on any atom is 0.146 e. The predicted molar refractivity (Wildman–Crippen MR) is 175 cm³/mol. The molecule has 0 amide bonds. The third-order valence-corrected chi connectivity index (χ3v) is 8.85. The van der Waals surface area contributed by atoms with Crippen molar-refractivity contribution in [3.8, 4) is 11.5 Å². The van der Waals surface area contributed by atoms with E-state index >= 15 is 0 Å². The normalized spacial score (nSPS) is 18.0. The Morgan fingerprint density at radius 2 is 1.64 bits per heavy atom. The minimum absolute atomic E-state index is 0.0641. The molecule has 1 fully saturated rings. The maximum atomic E-state index is 6.55. The number of nitrogens with zero attached hydrogens (tertiary/aromatic N) is 3. The Bertz CT molecular complexity index is 1660. The summed E-state index contributed by atoms with van der Waals surface area (Å²) in [4.78, 5) is 9.33. The fourth-order valence-corrected chi connectivity index (χ4v) is 6.56. The summed E-state index contributed by atoms with van der Waals surface area (Å²) < 4.78 is 27.0. The Morgan fingerprint density at radius 3 is 2.36 bits per heavy atom. The lowest BCUT2D eigenvalue weighted by molar-refractivity contribution is -0.0190. The van der Waals surface area contributed by atoms with Gasteiger partial charge in [0, 0.05) is 40.8 Å². The molecule has 1 saturated carbocycles. The highest BCUT2D eigenvalue weighted by atomic mass is 79.9. The Morgan fingerprint density at radius 1 is 0.886 bits per heavy atom. The fraction of sp³-hybridized carbons (Fsp3) is 0.314. The molecule has 0 saturated heterocycles. The fourth-order valence-electron chi connectivity index (χ4n) is 5.97. The second kappa shape index (κ2) is 14.2. The van der Waals surface area contributed by atoms with Gasteiger partial charge in [0.1, 0.15) is 29.3 Å². The number of nitrogens with one attached hydrogen (secondary N) is 1. The van der Waals surface area contributed by atoms with E-state index in [4.69, 9.17) is 23.9 Å². The number of hydrogen-bond acceptors (Lipinski definition) is 7. The molecule has 3 aromatic carbocycles. The molecule has 228 valence electrons. The molecule has 9 heteroatoms. The molecule has 1 aliphatic carbocycles. The third kappa shape index (κ3) is 6.90. The molecule has 1 N–H and O–H groups in total. The van der Waals surface area contributed by atoms with Crippen molar-refractivity contribution in [1.82, 2.24) is 14.5 Å². The molecule has 5 aromatic rings. The van der Waals surface area contributed by atoms with Gasteiger partial charge in [-0.05, 0) is 52.0 Å². The van der Waals surface area contributed by atoms with Crippen molar-refractivity contribution >= 4 is 32.8 Å². The zero-order valence-electron chi connectivity index (χ0n) is 25.0. The van der Waals surface area contributed by atoms with Crippen LogP contribution in [-0.4, -0.2) is 41.5 Å². The number of anilines is 1. The molecule has 0 spiro atoms. The molecule has 6 rings (SSSR count). The lowest BCUT2D eigenvalue weighted by Crippen LogP contribution is -2.22. The van der Waals surface area contributed by atoms with Crippen LogP contribution in [0.3, 0.4) is 0 Å². The zero-order chi connectivity index (χ0) is 30.3. The van der Waals surface area contributed by atoms with E-state index in [2.05, 4.69) is 73.4 Å². The summed E-state index contributed by atoms with van der Waals surface area (Å²) in [6.45, 7) is 2.34. The van der Waals surface area contributed by atoms with Gasteiger partial charge in [0.05, 0.1) is 45.5 Å². The predicted octanol–water partition coefficient (Wildman–Crippen LogP) is 7.58. The first-order valence-corrected chi connectivity index (χ1v) is 15.6. The van der Waals surface area contributed by atoms with Crippen molar-refractivity contribution in [3.05, 3.63) is 113 Å². The first-order chi connectivity index (χ1) is 21.6. The Labute approximate surface area is 266 Å². The van der Waals surface area contributed by atoms with E-state index in [-0.39, 0.29) is 18.1 Å². The Kier molecular flexibility index (Phi) is 9.75. The van der Waals surface area contributed by atoms with Crippen LogP contribution in [0.2, 0.25) is 0 Å². The van der Waals surface area contributed by atoms with Gasteiger partial charge in [0.25, 0.3) is 0 Å². The number of ether oxygens (including phenoxy) is 4. The lowest BCUT2D eigenvalue weighted by atomic mass is 10.1. The van der Waals surface area contributed by atoms with E-state index in [0.717, 1.165) is 51.2 Å². The third-order valence-electron chi connectivity index (χ3n) is 8.25. The molecule has 0 radical (unpaired) electrons. The van der Waals surface area contributed by atoms with Crippen LogP contribution in [0, 0.1) is 5.92 Å². The van der Waals surface area contributed by atoms with Crippen molar-refractivity contribution < 1.29 is 18.9 Å². The molecule has 0 bridgehead atoms. The zero-order valence-corrected chi connectivity index (χ0v) is 26.6. The Balaban J connectivity index is 1.20. The molecular weight excluding hydrogens is 620 g/mol. The average molecular weight is 658 g/mol. The van der Waals surface area contributed by atoms with E-state index in [0.29, 0.717) is 26.4 Å². The van der Waals surface area contributed by atoms with Crippen LogP contribution in [0.15, 0.2) is 95.9 Å². The quantitative estimate of drug-likeness (QED) is 0.140. The van der Waals surface area contributed by atoms with Gasteiger partial charge in [0.2, 0.25) is 0 Å². The van der Waals surface area contributed by atoms with Crippen LogP contribution < -0.4 is 14.8 Å². The van der Waals surface area contributed by atoms with Gasteiger partial charge in [-0.25, -0.2) is 9.97 Å². The average Bonchev–Trinajstić information content (AvgIpc) is 3.64. The minimum Gasteiger partial charge on any atom is -0.497 e. The monoisotopic (exact) mass is 656 g/mol. The van der Waals surface area contributed by atoms with E-state index < -0.39 is 0 Å². The van der Waals surface area contributed by atoms with Gasteiger partial charge < -0.3 is 28.8 Å². The summed E-state index contributed by atoms with van der Waals surface area (Å²) in [5.41, 5.74) is 4.23. The highest BCUT2D eigenvalue weighted by Crippen LogP contribution is 2.42. The topological polar surface area (TPSA) is 79.7 Å². The summed E-state index contributed by atoms with van der Waals surface area (Å²) in [6.07, 6.45) is 5.62. The SMILES string of the molecule is COc1ccc(CNc2ncnc3c2c(Br)cn3[C@@H]2C[C@H](COCc3ccccc3)[C@@H](OCc3ccccc3)C2)c(OC)c1. The van der Waals surface area contributed by atoms with Crippen LogP contribution in [-0.2, 0) is 29.2 Å². The molecule has 2 heterocycles. The highest BCUT2D eigenvalue weighted by molar-refractivity contribution is 9.10.